The van der Waals surface area contributed by atoms with Gasteiger partial charge in [-0.05, 0) is 25.0 Å². The molecule has 0 heterocycles. The van der Waals surface area contributed by atoms with E-state index in [-0.39, 0.29) is 24.2 Å². The lowest BCUT2D eigenvalue weighted by atomic mass is 10.2. The highest BCUT2D eigenvalue weighted by Gasteiger charge is 2.63. The van der Waals surface area contributed by atoms with Gasteiger partial charge in [-0.25, -0.2) is 0 Å². The van der Waals surface area contributed by atoms with Crippen LogP contribution in [0.5, 0.6) is 5.75 Å². The summed E-state index contributed by atoms with van der Waals surface area (Å²) in [5, 5.41) is 2.48. The van der Waals surface area contributed by atoms with Crippen molar-refractivity contribution in [3.63, 3.8) is 0 Å². The standard InChI is InChI=1S/C11H13F3N2O/c1-17-7-2-3-8(15)9(6-7)16-10(4-5-10)11(12,13)14/h2-3,6,16H,4-5,15H2,1H3. The molecule has 1 aromatic carbocycles. The van der Waals surface area contributed by atoms with Gasteiger partial charge in [-0.3, -0.25) is 0 Å². The number of hydrogen-bond donors (Lipinski definition) is 2. The van der Waals surface area contributed by atoms with Crippen molar-refractivity contribution in [1.29, 1.82) is 0 Å². The first kappa shape index (κ1) is 11.9. The van der Waals surface area contributed by atoms with Crippen molar-refractivity contribution >= 4 is 11.4 Å². The summed E-state index contributed by atoms with van der Waals surface area (Å²) in [6, 6.07) is 4.60. The Balaban J connectivity index is 2.25. The van der Waals surface area contributed by atoms with E-state index in [2.05, 4.69) is 5.32 Å². The maximum absolute atomic E-state index is 12.8. The van der Waals surface area contributed by atoms with Crippen LogP contribution in [0.25, 0.3) is 0 Å². The zero-order valence-electron chi connectivity index (χ0n) is 9.27. The summed E-state index contributed by atoms with van der Waals surface area (Å²) >= 11 is 0. The minimum Gasteiger partial charge on any atom is -0.497 e. The summed E-state index contributed by atoms with van der Waals surface area (Å²) in [5.74, 6) is 0.472. The fourth-order valence-corrected chi connectivity index (χ4v) is 1.63. The second-order valence-corrected chi connectivity index (χ2v) is 4.16. The third-order valence-corrected chi connectivity index (χ3v) is 2.93. The Labute approximate surface area is 96.8 Å². The maximum Gasteiger partial charge on any atom is 0.411 e. The first-order chi connectivity index (χ1) is 7.88. The van der Waals surface area contributed by atoms with E-state index >= 15 is 0 Å². The van der Waals surface area contributed by atoms with E-state index in [0.29, 0.717) is 5.75 Å². The zero-order valence-corrected chi connectivity index (χ0v) is 9.27. The van der Waals surface area contributed by atoms with Gasteiger partial charge in [0.05, 0.1) is 18.5 Å². The minimum atomic E-state index is -4.26. The molecular formula is C11H13F3N2O. The van der Waals surface area contributed by atoms with Crippen LogP contribution in [-0.4, -0.2) is 18.8 Å². The van der Waals surface area contributed by atoms with E-state index in [1.807, 2.05) is 0 Å². The highest BCUT2D eigenvalue weighted by molar-refractivity contribution is 5.70. The molecule has 3 nitrogen and oxygen atoms in total. The molecule has 2 rings (SSSR count). The van der Waals surface area contributed by atoms with Gasteiger partial charge in [0.2, 0.25) is 0 Å². The van der Waals surface area contributed by atoms with E-state index in [4.69, 9.17) is 10.5 Å². The largest absolute Gasteiger partial charge is 0.497 e. The summed E-state index contributed by atoms with van der Waals surface area (Å²) in [6.07, 6.45) is -4.11. The van der Waals surface area contributed by atoms with E-state index in [1.165, 1.54) is 19.2 Å². The number of hydrogen-bond acceptors (Lipinski definition) is 3. The molecule has 0 bridgehead atoms. The van der Waals surface area contributed by atoms with Crippen LogP contribution in [0.1, 0.15) is 12.8 Å². The van der Waals surface area contributed by atoms with Gasteiger partial charge in [-0.1, -0.05) is 0 Å². The summed E-state index contributed by atoms with van der Waals surface area (Å²) in [4.78, 5) is 0. The van der Waals surface area contributed by atoms with E-state index < -0.39 is 11.7 Å². The fraction of sp³-hybridized carbons (Fsp3) is 0.455. The lowest BCUT2D eigenvalue weighted by Gasteiger charge is -2.23. The Kier molecular flexibility index (Phi) is 2.60. The van der Waals surface area contributed by atoms with Crippen molar-refractivity contribution in [3.05, 3.63) is 18.2 Å². The smallest absolute Gasteiger partial charge is 0.411 e. The Morgan fingerprint density at radius 1 is 1.35 bits per heavy atom. The maximum atomic E-state index is 12.8. The van der Waals surface area contributed by atoms with Crippen LogP contribution in [0.15, 0.2) is 18.2 Å². The first-order valence-corrected chi connectivity index (χ1v) is 5.16. The van der Waals surface area contributed by atoms with Crippen molar-refractivity contribution in [2.45, 2.75) is 24.6 Å². The molecule has 1 aliphatic rings. The number of anilines is 2. The summed E-state index contributed by atoms with van der Waals surface area (Å²) in [5.41, 5.74) is 4.37. The molecule has 0 aromatic heterocycles. The topological polar surface area (TPSA) is 47.3 Å². The van der Waals surface area contributed by atoms with Gasteiger partial charge in [0.15, 0.2) is 0 Å². The van der Waals surface area contributed by atoms with Crippen LogP contribution in [0, 0.1) is 0 Å². The van der Waals surface area contributed by atoms with Gasteiger partial charge in [0, 0.05) is 6.07 Å². The molecular weight excluding hydrogens is 233 g/mol. The molecule has 94 valence electrons. The normalized spacial score (nSPS) is 17.6. The van der Waals surface area contributed by atoms with Gasteiger partial charge in [0.25, 0.3) is 0 Å². The van der Waals surface area contributed by atoms with Gasteiger partial charge in [-0.2, -0.15) is 13.2 Å². The molecule has 6 heteroatoms. The number of rotatable bonds is 3. The molecule has 1 aliphatic carbocycles. The Morgan fingerprint density at radius 3 is 2.47 bits per heavy atom. The molecule has 0 saturated heterocycles. The Morgan fingerprint density at radius 2 is 2.00 bits per heavy atom. The van der Waals surface area contributed by atoms with Crippen LogP contribution in [0.4, 0.5) is 24.5 Å². The van der Waals surface area contributed by atoms with Crippen LogP contribution in [0.2, 0.25) is 0 Å². The lowest BCUT2D eigenvalue weighted by Crippen LogP contribution is -2.38. The predicted molar refractivity (Wildman–Crippen MR) is 59.0 cm³/mol. The first-order valence-electron chi connectivity index (χ1n) is 5.16. The van der Waals surface area contributed by atoms with Crippen molar-refractivity contribution in [2.75, 3.05) is 18.2 Å². The summed E-state index contributed by atoms with van der Waals surface area (Å²) in [7, 11) is 1.45. The molecule has 3 N–H and O–H groups in total. The van der Waals surface area contributed by atoms with Gasteiger partial charge < -0.3 is 15.8 Å². The molecule has 1 saturated carbocycles. The van der Waals surface area contributed by atoms with Crippen molar-refractivity contribution in [1.82, 2.24) is 0 Å². The van der Waals surface area contributed by atoms with Crippen LogP contribution >= 0.6 is 0 Å². The second kappa shape index (κ2) is 3.72. The third kappa shape index (κ3) is 2.11. The molecule has 0 radical (unpaired) electrons. The molecule has 17 heavy (non-hydrogen) atoms. The van der Waals surface area contributed by atoms with Crippen LogP contribution in [-0.2, 0) is 0 Å². The molecule has 0 unspecified atom stereocenters. The molecule has 0 aliphatic heterocycles. The number of nitrogens with one attached hydrogen (secondary N) is 1. The van der Waals surface area contributed by atoms with Crippen LogP contribution in [0.3, 0.4) is 0 Å². The quantitative estimate of drug-likeness (QED) is 0.806. The summed E-state index contributed by atoms with van der Waals surface area (Å²) < 4.78 is 43.2. The predicted octanol–water partition coefficient (Wildman–Crippen LogP) is 2.78. The fourth-order valence-electron chi connectivity index (χ4n) is 1.63. The number of ether oxygens (including phenoxy) is 1. The van der Waals surface area contributed by atoms with Crippen molar-refractivity contribution in [2.24, 2.45) is 0 Å². The van der Waals surface area contributed by atoms with Gasteiger partial charge >= 0.3 is 6.18 Å². The van der Waals surface area contributed by atoms with E-state index in [0.717, 1.165) is 0 Å². The lowest BCUT2D eigenvalue weighted by molar-refractivity contribution is -0.151. The molecule has 0 atom stereocenters. The van der Waals surface area contributed by atoms with E-state index in [9.17, 15) is 13.2 Å². The highest BCUT2D eigenvalue weighted by atomic mass is 19.4. The highest BCUT2D eigenvalue weighted by Crippen LogP contribution is 2.51. The molecule has 0 amide bonds. The van der Waals surface area contributed by atoms with Gasteiger partial charge in [0.1, 0.15) is 11.3 Å². The Bertz CT molecular complexity index is 427. The number of nitrogen functional groups attached to an aromatic ring is 1. The average molecular weight is 246 g/mol. The average Bonchev–Trinajstić information content (AvgIpc) is 3.01. The zero-order chi connectivity index (χ0) is 12.7. The van der Waals surface area contributed by atoms with Crippen molar-refractivity contribution in [3.8, 4) is 5.75 Å². The minimum absolute atomic E-state index is 0.0765. The number of halogens is 3. The molecule has 0 spiro atoms. The number of alkyl halides is 3. The number of nitrogens with two attached hydrogens (primary N) is 1. The second-order valence-electron chi connectivity index (χ2n) is 4.16. The SMILES string of the molecule is COc1ccc(N)c(NC2(C(F)(F)F)CC2)c1. The molecule has 1 aromatic rings. The van der Waals surface area contributed by atoms with Crippen molar-refractivity contribution < 1.29 is 17.9 Å². The number of methoxy groups -OCH3 is 1. The van der Waals surface area contributed by atoms with E-state index in [1.54, 1.807) is 6.07 Å². The molecule has 1 fully saturated rings. The monoisotopic (exact) mass is 246 g/mol. The number of benzene rings is 1. The van der Waals surface area contributed by atoms with Gasteiger partial charge in [-0.15, -0.1) is 0 Å². The Hall–Kier alpha value is -1.59. The van der Waals surface area contributed by atoms with Crippen LogP contribution < -0.4 is 15.8 Å². The third-order valence-electron chi connectivity index (χ3n) is 2.93. The summed E-state index contributed by atoms with van der Waals surface area (Å²) in [6.45, 7) is 0.